The largest absolute Gasteiger partial charge is 0.341 e. The van der Waals surface area contributed by atoms with Crippen LogP contribution in [0.15, 0.2) is 0 Å². The summed E-state index contributed by atoms with van der Waals surface area (Å²) < 4.78 is 0. The highest BCUT2D eigenvalue weighted by atomic mass is 16.2. The molecule has 0 N–H and O–H groups in total. The molecule has 0 saturated heterocycles. The monoisotopic (exact) mass is 411 g/mol. The predicted molar refractivity (Wildman–Crippen MR) is 124 cm³/mol. The number of hydrogen-bond acceptors (Lipinski definition) is 3. The SMILES string of the molecule is CCCCN(CC(=O)N(CC(C)C)CC(C)C)CC(=O)N(CC(C)C)CC(C)C. The second-order valence-electron chi connectivity index (χ2n) is 10.2. The minimum absolute atomic E-state index is 0.149. The topological polar surface area (TPSA) is 43.9 Å². The van der Waals surface area contributed by atoms with Gasteiger partial charge in [0.15, 0.2) is 0 Å². The van der Waals surface area contributed by atoms with E-state index < -0.39 is 0 Å². The van der Waals surface area contributed by atoms with Crippen LogP contribution in [-0.4, -0.2) is 72.3 Å². The Balaban J connectivity index is 5.19. The van der Waals surface area contributed by atoms with Crippen LogP contribution in [0.4, 0.5) is 0 Å². The molecule has 0 aromatic carbocycles. The molecule has 2 amide bonds. The molecule has 0 saturated carbocycles. The maximum atomic E-state index is 13.1. The molecule has 0 unspecified atom stereocenters. The number of hydrogen-bond donors (Lipinski definition) is 0. The van der Waals surface area contributed by atoms with Crippen LogP contribution in [0, 0.1) is 23.7 Å². The van der Waals surface area contributed by atoms with Crippen molar-refractivity contribution in [1.82, 2.24) is 14.7 Å². The first-order valence-corrected chi connectivity index (χ1v) is 11.7. The van der Waals surface area contributed by atoms with E-state index in [1.807, 2.05) is 9.80 Å². The lowest BCUT2D eigenvalue weighted by molar-refractivity contribution is -0.137. The van der Waals surface area contributed by atoms with Gasteiger partial charge in [-0.25, -0.2) is 0 Å². The molecule has 0 radical (unpaired) electrons. The Bertz CT molecular complexity index is 403. The van der Waals surface area contributed by atoms with Gasteiger partial charge >= 0.3 is 0 Å². The summed E-state index contributed by atoms with van der Waals surface area (Å²) in [6.45, 7) is 23.9. The van der Waals surface area contributed by atoms with Crippen LogP contribution >= 0.6 is 0 Å². The summed E-state index contributed by atoms with van der Waals surface area (Å²) in [5.41, 5.74) is 0. The van der Waals surface area contributed by atoms with Crippen molar-refractivity contribution in [3.63, 3.8) is 0 Å². The summed E-state index contributed by atoms with van der Waals surface area (Å²) in [6, 6.07) is 0. The zero-order chi connectivity index (χ0) is 22.6. The molecule has 0 aromatic heterocycles. The van der Waals surface area contributed by atoms with Crippen molar-refractivity contribution in [2.24, 2.45) is 23.7 Å². The minimum atomic E-state index is 0.149. The molecule has 0 aromatic rings. The summed E-state index contributed by atoms with van der Waals surface area (Å²) in [7, 11) is 0. The first-order valence-electron chi connectivity index (χ1n) is 11.7. The number of nitrogens with zero attached hydrogens (tertiary/aromatic N) is 3. The quantitative estimate of drug-likeness (QED) is 0.402. The molecule has 0 rings (SSSR count). The van der Waals surface area contributed by atoms with Crippen molar-refractivity contribution in [3.8, 4) is 0 Å². The van der Waals surface area contributed by atoms with Crippen molar-refractivity contribution in [3.05, 3.63) is 0 Å². The minimum Gasteiger partial charge on any atom is -0.341 e. The lowest BCUT2D eigenvalue weighted by Gasteiger charge is -2.32. The van der Waals surface area contributed by atoms with Crippen LogP contribution in [0.5, 0.6) is 0 Å². The second kappa shape index (κ2) is 14.8. The van der Waals surface area contributed by atoms with Gasteiger partial charge in [-0.15, -0.1) is 0 Å². The van der Waals surface area contributed by atoms with Crippen LogP contribution in [-0.2, 0) is 9.59 Å². The third kappa shape index (κ3) is 13.7. The fourth-order valence-electron chi connectivity index (χ4n) is 3.50. The zero-order valence-corrected chi connectivity index (χ0v) is 20.8. The maximum Gasteiger partial charge on any atom is 0.236 e. The molecule has 172 valence electrons. The average molecular weight is 412 g/mol. The van der Waals surface area contributed by atoms with Gasteiger partial charge in [-0.1, -0.05) is 68.7 Å². The predicted octanol–water partition coefficient (Wildman–Crippen LogP) is 4.37. The van der Waals surface area contributed by atoms with Gasteiger partial charge < -0.3 is 9.80 Å². The fourth-order valence-corrected chi connectivity index (χ4v) is 3.50. The molecule has 0 spiro atoms. The summed E-state index contributed by atoms with van der Waals surface area (Å²) in [5, 5.41) is 0. The van der Waals surface area contributed by atoms with Gasteiger partial charge in [-0.05, 0) is 36.6 Å². The molecule has 5 heteroatoms. The lowest BCUT2D eigenvalue weighted by atomic mass is 10.1. The lowest BCUT2D eigenvalue weighted by Crippen LogP contribution is -2.48. The molecule has 0 aliphatic rings. The Kier molecular flexibility index (Phi) is 14.3. The van der Waals surface area contributed by atoms with E-state index in [-0.39, 0.29) is 11.8 Å². The number of carbonyl (C=O) groups is 2. The summed E-state index contributed by atoms with van der Waals surface area (Å²) in [5.74, 6) is 2.06. The first kappa shape index (κ1) is 27.9. The molecule has 0 atom stereocenters. The molecular formula is C24H49N3O2. The van der Waals surface area contributed by atoms with E-state index in [1.165, 1.54) is 0 Å². The van der Waals surface area contributed by atoms with Crippen molar-refractivity contribution in [2.75, 3.05) is 45.8 Å². The van der Waals surface area contributed by atoms with Crippen LogP contribution < -0.4 is 0 Å². The fraction of sp³-hybridized carbons (Fsp3) is 0.917. The van der Waals surface area contributed by atoms with Crippen molar-refractivity contribution in [2.45, 2.75) is 75.2 Å². The van der Waals surface area contributed by atoms with Gasteiger partial charge in [0.05, 0.1) is 13.1 Å². The Morgan fingerprint density at radius 2 is 0.931 bits per heavy atom. The van der Waals surface area contributed by atoms with Gasteiger partial charge in [-0.2, -0.15) is 0 Å². The molecule has 0 aliphatic heterocycles. The normalized spacial score (nSPS) is 11.9. The van der Waals surface area contributed by atoms with Crippen molar-refractivity contribution < 1.29 is 9.59 Å². The van der Waals surface area contributed by atoms with Crippen LogP contribution in [0.1, 0.15) is 75.2 Å². The molecule has 5 nitrogen and oxygen atoms in total. The van der Waals surface area contributed by atoms with Gasteiger partial charge in [0.1, 0.15) is 0 Å². The highest BCUT2D eigenvalue weighted by Gasteiger charge is 2.23. The standard InChI is InChI=1S/C24H49N3O2/c1-10-11-12-25(17-23(28)26(13-19(2)3)14-20(4)5)18-24(29)27(15-21(6)7)16-22(8)9/h19-22H,10-18H2,1-9H3. The molecule has 29 heavy (non-hydrogen) atoms. The van der Waals surface area contributed by atoms with E-state index in [0.29, 0.717) is 36.8 Å². The number of rotatable bonds is 15. The van der Waals surface area contributed by atoms with E-state index in [1.54, 1.807) is 0 Å². The highest BCUT2D eigenvalue weighted by Crippen LogP contribution is 2.09. The Labute approximate surface area is 181 Å². The summed E-state index contributed by atoms with van der Waals surface area (Å²) in [4.78, 5) is 32.1. The molecule has 0 heterocycles. The Morgan fingerprint density at radius 1 is 0.621 bits per heavy atom. The highest BCUT2D eigenvalue weighted by molar-refractivity contribution is 5.81. The van der Waals surface area contributed by atoms with Gasteiger partial charge in [0.2, 0.25) is 11.8 Å². The van der Waals surface area contributed by atoms with E-state index >= 15 is 0 Å². The average Bonchev–Trinajstić information content (AvgIpc) is 2.56. The van der Waals surface area contributed by atoms with Crippen molar-refractivity contribution in [1.29, 1.82) is 0 Å². The van der Waals surface area contributed by atoms with Crippen molar-refractivity contribution >= 4 is 11.8 Å². The van der Waals surface area contributed by atoms with Crippen LogP contribution in [0.25, 0.3) is 0 Å². The van der Waals surface area contributed by atoms with Gasteiger partial charge in [0, 0.05) is 26.2 Å². The van der Waals surface area contributed by atoms with Gasteiger partial charge in [-0.3, -0.25) is 14.5 Å². The number of amides is 2. The second-order valence-corrected chi connectivity index (χ2v) is 10.2. The van der Waals surface area contributed by atoms with E-state index in [0.717, 1.165) is 45.6 Å². The summed E-state index contributed by atoms with van der Waals surface area (Å²) in [6.07, 6.45) is 2.06. The van der Waals surface area contributed by atoms with Gasteiger partial charge in [0.25, 0.3) is 0 Å². The zero-order valence-electron chi connectivity index (χ0n) is 20.8. The van der Waals surface area contributed by atoms with E-state index in [4.69, 9.17) is 0 Å². The maximum absolute atomic E-state index is 13.1. The van der Waals surface area contributed by atoms with E-state index in [2.05, 4.69) is 67.2 Å². The summed E-state index contributed by atoms with van der Waals surface area (Å²) >= 11 is 0. The Hall–Kier alpha value is -1.10. The first-order chi connectivity index (χ1) is 13.5. The molecule has 0 fully saturated rings. The van der Waals surface area contributed by atoms with Crippen LogP contribution in [0.3, 0.4) is 0 Å². The molecule has 0 aliphatic carbocycles. The molecular weight excluding hydrogens is 362 g/mol. The third-order valence-electron chi connectivity index (χ3n) is 4.59. The number of unbranched alkanes of at least 4 members (excludes halogenated alkanes) is 1. The molecule has 0 bridgehead atoms. The third-order valence-corrected chi connectivity index (χ3v) is 4.59. The van der Waals surface area contributed by atoms with E-state index in [9.17, 15) is 9.59 Å². The number of carbonyl (C=O) groups excluding carboxylic acids is 2. The van der Waals surface area contributed by atoms with Crippen LogP contribution in [0.2, 0.25) is 0 Å². The smallest absolute Gasteiger partial charge is 0.236 e. The Morgan fingerprint density at radius 3 is 1.17 bits per heavy atom.